The van der Waals surface area contributed by atoms with E-state index in [0.717, 1.165) is 9.64 Å². The molecule has 0 aromatic heterocycles. The van der Waals surface area contributed by atoms with Gasteiger partial charge in [-0.3, -0.25) is 0 Å². The Morgan fingerprint density at radius 3 is 2.00 bits per heavy atom. The Morgan fingerprint density at radius 1 is 0.895 bits per heavy atom. The minimum absolute atomic E-state index is 0.0964. The topological polar surface area (TPSA) is 26.0 Å². The van der Waals surface area contributed by atoms with Gasteiger partial charge >= 0.3 is 6.18 Å². The first-order valence-corrected chi connectivity index (χ1v) is 6.65. The van der Waals surface area contributed by atoms with Crippen LogP contribution in [0.1, 0.15) is 22.7 Å². The van der Waals surface area contributed by atoms with Crippen molar-refractivity contribution < 1.29 is 13.2 Å². The van der Waals surface area contributed by atoms with E-state index >= 15 is 0 Å². The van der Waals surface area contributed by atoms with Crippen LogP contribution in [-0.4, -0.2) is 0 Å². The zero-order valence-corrected chi connectivity index (χ0v) is 11.9. The molecular weight excluding hydrogens is 366 g/mol. The lowest BCUT2D eigenvalue weighted by Gasteiger charge is -2.19. The SMILES string of the molecule is NC(c1ccccc1I)c1ccccc1C(F)(F)F. The van der Waals surface area contributed by atoms with Crippen molar-refractivity contribution in [2.45, 2.75) is 12.2 Å². The molecule has 2 N–H and O–H groups in total. The highest BCUT2D eigenvalue weighted by Crippen LogP contribution is 2.36. The molecule has 5 heteroatoms. The van der Waals surface area contributed by atoms with Crippen LogP contribution in [0.15, 0.2) is 48.5 Å². The normalized spacial score (nSPS) is 13.3. The van der Waals surface area contributed by atoms with Crippen LogP contribution >= 0.6 is 22.6 Å². The molecule has 0 aliphatic heterocycles. The maximum atomic E-state index is 13.0. The van der Waals surface area contributed by atoms with Gasteiger partial charge in [0.2, 0.25) is 0 Å². The molecule has 0 aliphatic carbocycles. The molecule has 0 saturated carbocycles. The molecule has 1 atom stereocenters. The molecule has 1 nitrogen and oxygen atoms in total. The number of rotatable bonds is 2. The molecule has 0 fully saturated rings. The summed E-state index contributed by atoms with van der Waals surface area (Å²) in [5.41, 5.74) is 6.12. The van der Waals surface area contributed by atoms with Crippen LogP contribution in [0, 0.1) is 3.57 Å². The van der Waals surface area contributed by atoms with Crippen LogP contribution in [0.25, 0.3) is 0 Å². The Balaban J connectivity index is 2.51. The van der Waals surface area contributed by atoms with E-state index in [4.69, 9.17) is 5.73 Å². The summed E-state index contributed by atoms with van der Waals surface area (Å²) in [6.45, 7) is 0. The number of hydrogen-bond donors (Lipinski definition) is 1. The highest BCUT2D eigenvalue weighted by atomic mass is 127. The molecule has 0 aliphatic rings. The predicted octanol–water partition coefficient (Wildman–Crippen LogP) is 4.36. The summed E-state index contributed by atoms with van der Waals surface area (Å²) in [6.07, 6.45) is -4.39. The third-order valence-corrected chi connectivity index (χ3v) is 3.82. The minimum Gasteiger partial charge on any atom is -0.320 e. The van der Waals surface area contributed by atoms with E-state index in [0.29, 0.717) is 5.56 Å². The van der Waals surface area contributed by atoms with Gasteiger partial charge in [0, 0.05) is 3.57 Å². The van der Waals surface area contributed by atoms with Gasteiger partial charge in [0.25, 0.3) is 0 Å². The second kappa shape index (κ2) is 5.50. The van der Waals surface area contributed by atoms with Crippen molar-refractivity contribution in [2.24, 2.45) is 5.73 Å². The van der Waals surface area contributed by atoms with Gasteiger partial charge in [-0.2, -0.15) is 13.2 Å². The lowest BCUT2D eigenvalue weighted by atomic mass is 9.95. The van der Waals surface area contributed by atoms with Crippen molar-refractivity contribution in [3.8, 4) is 0 Å². The van der Waals surface area contributed by atoms with E-state index in [1.807, 2.05) is 12.1 Å². The van der Waals surface area contributed by atoms with Crippen LogP contribution < -0.4 is 5.73 Å². The molecule has 0 bridgehead atoms. The Labute approximate surface area is 122 Å². The Kier molecular flexibility index (Phi) is 4.15. The van der Waals surface area contributed by atoms with Gasteiger partial charge in [-0.05, 0) is 45.9 Å². The van der Waals surface area contributed by atoms with Gasteiger partial charge in [-0.1, -0.05) is 36.4 Å². The summed E-state index contributed by atoms with van der Waals surface area (Å²) in [7, 11) is 0. The highest BCUT2D eigenvalue weighted by molar-refractivity contribution is 14.1. The lowest BCUT2D eigenvalue weighted by Crippen LogP contribution is -2.19. The molecule has 100 valence electrons. The summed E-state index contributed by atoms with van der Waals surface area (Å²) in [5, 5.41) is 0. The standard InChI is InChI=1S/C14H11F3IN/c15-14(16,17)11-7-3-1-5-9(11)13(19)10-6-2-4-8-12(10)18/h1-8,13H,19H2. The smallest absolute Gasteiger partial charge is 0.320 e. The minimum atomic E-state index is -4.39. The zero-order valence-electron chi connectivity index (χ0n) is 9.79. The van der Waals surface area contributed by atoms with Crippen LogP contribution in [0.3, 0.4) is 0 Å². The van der Waals surface area contributed by atoms with E-state index in [9.17, 15) is 13.2 Å². The number of hydrogen-bond acceptors (Lipinski definition) is 1. The summed E-state index contributed by atoms with van der Waals surface area (Å²) in [5.74, 6) is 0. The van der Waals surface area contributed by atoms with Crippen LogP contribution in [0.2, 0.25) is 0 Å². The fourth-order valence-corrected chi connectivity index (χ4v) is 2.64. The lowest BCUT2D eigenvalue weighted by molar-refractivity contribution is -0.138. The quantitative estimate of drug-likeness (QED) is 0.774. The number of nitrogens with two attached hydrogens (primary N) is 1. The number of alkyl halides is 3. The van der Waals surface area contributed by atoms with Crippen molar-refractivity contribution in [1.82, 2.24) is 0 Å². The Bertz CT molecular complexity index is 581. The molecule has 0 amide bonds. The van der Waals surface area contributed by atoms with Crippen molar-refractivity contribution in [2.75, 3.05) is 0 Å². The first-order valence-electron chi connectivity index (χ1n) is 5.57. The van der Waals surface area contributed by atoms with Gasteiger partial charge < -0.3 is 5.73 Å². The Morgan fingerprint density at radius 2 is 1.42 bits per heavy atom. The van der Waals surface area contributed by atoms with E-state index in [1.54, 1.807) is 18.2 Å². The first kappa shape index (κ1) is 14.3. The summed E-state index contributed by atoms with van der Waals surface area (Å²) in [4.78, 5) is 0. The van der Waals surface area contributed by atoms with Crippen LogP contribution in [0.5, 0.6) is 0 Å². The average Bonchev–Trinajstić information content (AvgIpc) is 2.37. The molecular formula is C14H11F3IN. The van der Waals surface area contributed by atoms with E-state index in [-0.39, 0.29) is 5.56 Å². The second-order valence-corrected chi connectivity index (χ2v) is 5.25. The molecule has 19 heavy (non-hydrogen) atoms. The van der Waals surface area contributed by atoms with E-state index < -0.39 is 17.8 Å². The van der Waals surface area contributed by atoms with E-state index in [1.165, 1.54) is 12.1 Å². The molecule has 2 aromatic rings. The Hall–Kier alpha value is -1.08. The molecule has 0 spiro atoms. The van der Waals surface area contributed by atoms with Gasteiger partial charge in [0.1, 0.15) is 0 Å². The number of halogens is 4. The zero-order chi connectivity index (χ0) is 14.0. The second-order valence-electron chi connectivity index (χ2n) is 4.08. The first-order chi connectivity index (χ1) is 8.91. The van der Waals surface area contributed by atoms with Crippen LogP contribution in [-0.2, 0) is 6.18 Å². The maximum absolute atomic E-state index is 13.0. The van der Waals surface area contributed by atoms with Gasteiger partial charge in [0.15, 0.2) is 0 Å². The van der Waals surface area contributed by atoms with Crippen molar-refractivity contribution >= 4 is 22.6 Å². The molecule has 1 unspecified atom stereocenters. The van der Waals surface area contributed by atoms with Crippen molar-refractivity contribution in [3.05, 3.63) is 68.8 Å². The highest BCUT2D eigenvalue weighted by Gasteiger charge is 2.34. The summed E-state index contributed by atoms with van der Waals surface area (Å²) in [6, 6.07) is 11.8. The third-order valence-electron chi connectivity index (χ3n) is 2.84. The summed E-state index contributed by atoms with van der Waals surface area (Å²) >= 11 is 2.07. The maximum Gasteiger partial charge on any atom is 0.416 e. The fraction of sp³-hybridized carbons (Fsp3) is 0.143. The van der Waals surface area contributed by atoms with Crippen molar-refractivity contribution in [1.29, 1.82) is 0 Å². The molecule has 0 radical (unpaired) electrons. The molecule has 0 saturated heterocycles. The molecule has 2 rings (SSSR count). The summed E-state index contributed by atoms with van der Waals surface area (Å²) < 4.78 is 39.8. The van der Waals surface area contributed by atoms with Crippen LogP contribution in [0.4, 0.5) is 13.2 Å². The number of benzene rings is 2. The predicted molar refractivity (Wildman–Crippen MR) is 76.6 cm³/mol. The largest absolute Gasteiger partial charge is 0.416 e. The average molecular weight is 377 g/mol. The molecule has 0 heterocycles. The van der Waals surface area contributed by atoms with E-state index in [2.05, 4.69) is 22.6 Å². The van der Waals surface area contributed by atoms with Gasteiger partial charge in [-0.25, -0.2) is 0 Å². The monoisotopic (exact) mass is 377 g/mol. The van der Waals surface area contributed by atoms with Crippen molar-refractivity contribution in [3.63, 3.8) is 0 Å². The van der Waals surface area contributed by atoms with Gasteiger partial charge in [-0.15, -0.1) is 0 Å². The molecule has 2 aromatic carbocycles. The third kappa shape index (κ3) is 3.09. The fourth-order valence-electron chi connectivity index (χ4n) is 1.92. The van der Waals surface area contributed by atoms with Gasteiger partial charge in [0.05, 0.1) is 11.6 Å².